The third kappa shape index (κ3) is 9.92. The lowest BCUT2D eigenvalue weighted by Crippen LogP contribution is -1.96. The fourth-order valence-corrected chi connectivity index (χ4v) is 15.7. The summed E-state index contributed by atoms with van der Waals surface area (Å²) in [6, 6.07) is 141. The Morgan fingerprint density at radius 2 is 0.370 bits per heavy atom. The lowest BCUT2D eigenvalue weighted by Gasteiger charge is -2.14. The SMILES string of the molecule is c1ccc(-c2cc(-c3ccccc3)cc(-n3c4ccccc4c4c5c6ccc(-c7ccccc7)cc6n(-c6ccccc6)c5ccc43)c2)cc1.c1ccc(-c2cccc(-c3ccc(-n4c5ccccc5c5c6c7ccc(-c8ccccc8)cc7n(-c7ccccc7)c6ccc54)cc3)c2)cc1. The highest BCUT2D eigenvalue weighted by Crippen LogP contribution is 2.47. The minimum atomic E-state index is 1.15. The van der Waals surface area contributed by atoms with Gasteiger partial charge in [-0.3, -0.25) is 0 Å². The molecule has 16 aromatic carbocycles. The highest BCUT2D eigenvalue weighted by atomic mass is 15.0. The minimum absolute atomic E-state index is 1.15. The zero-order valence-electron chi connectivity index (χ0n) is 54.7. The maximum Gasteiger partial charge on any atom is 0.0548 e. The summed E-state index contributed by atoms with van der Waals surface area (Å²) in [4.78, 5) is 0. The summed E-state index contributed by atoms with van der Waals surface area (Å²) in [5, 5.41) is 10.1. The van der Waals surface area contributed by atoms with E-state index in [9.17, 15) is 0 Å². The number of rotatable bonds is 10. The zero-order chi connectivity index (χ0) is 66.0. The summed E-state index contributed by atoms with van der Waals surface area (Å²) in [7, 11) is 0. The van der Waals surface area contributed by atoms with Crippen LogP contribution in [0.2, 0.25) is 0 Å². The molecule has 0 aliphatic carbocycles. The van der Waals surface area contributed by atoms with E-state index in [4.69, 9.17) is 0 Å². The first-order valence-corrected chi connectivity index (χ1v) is 34.4. The molecule has 4 heterocycles. The summed E-state index contributed by atoms with van der Waals surface area (Å²) in [6.45, 7) is 0. The first-order valence-electron chi connectivity index (χ1n) is 34.4. The fraction of sp³-hybridized carbons (Fsp3) is 0. The number of aromatic nitrogens is 4. The van der Waals surface area contributed by atoms with Gasteiger partial charge in [0.1, 0.15) is 0 Å². The summed E-state index contributed by atoms with van der Waals surface area (Å²) >= 11 is 0. The molecule has 0 aliphatic rings. The van der Waals surface area contributed by atoms with E-state index >= 15 is 0 Å². The summed E-state index contributed by atoms with van der Waals surface area (Å²) < 4.78 is 9.76. The molecule has 100 heavy (non-hydrogen) atoms. The molecule has 20 aromatic rings. The van der Waals surface area contributed by atoms with Gasteiger partial charge >= 0.3 is 0 Å². The first-order chi connectivity index (χ1) is 49.6. The first kappa shape index (κ1) is 58.1. The monoisotopic (exact) mass is 1270 g/mol. The molecule has 0 saturated carbocycles. The average Bonchev–Trinajstić information content (AvgIpc) is 1.55. The molecule has 0 bridgehead atoms. The van der Waals surface area contributed by atoms with Gasteiger partial charge in [0.05, 0.1) is 44.1 Å². The van der Waals surface area contributed by atoms with Gasteiger partial charge in [0, 0.05) is 65.8 Å². The molecular weight excluding hydrogens is 1210 g/mol. The van der Waals surface area contributed by atoms with Crippen molar-refractivity contribution < 1.29 is 0 Å². The Bertz CT molecular complexity index is 6390. The molecule has 0 unspecified atom stereocenters. The van der Waals surface area contributed by atoms with Gasteiger partial charge in [-0.25, -0.2) is 0 Å². The average molecular weight is 1270 g/mol. The van der Waals surface area contributed by atoms with Crippen LogP contribution in [0, 0.1) is 0 Å². The predicted octanol–water partition coefficient (Wildman–Crippen LogP) is 25.8. The van der Waals surface area contributed by atoms with Gasteiger partial charge in [-0.2, -0.15) is 0 Å². The third-order valence-electron chi connectivity index (χ3n) is 20.2. The minimum Gasteiger partial charge on any atom is -0.309 e. The molecule has 4 nitrogen and oxygen atoms in total. The molecule has 4 heteroatoms. The van der Waals surface area contributed by atoms with Gasteiger partial charge in [0.25, 0.3) is 0 Å². The van der Waals surface area contributed by atoms with Crippen LogP contribution in [0.1, 0.15) is 0 Å². The summed E-state index contributed by atoms with van der Waals surface area (Å²) in [6.07, 6.45) is 0. The van der Waals surface area contributed by atoms with Crippen LogP contribution in [0.25, 0.3) is 177 Å². The number of fused-ring (bicyclic) bond motifs is 14. The Kier molecular flexibility index (Phi) is 14.2. The van der Waals surface area contributed by atoms with Gasteiger partial charge in [-0.15, -0.1) is 0 Å². The molecule has 0 fully saturated rings. The van der Waals surface area contributed by atoms with Crippen LogP contribution < -0.4 is 0 Å². The van der Waals surface area contributed by atoms with Crippen molar-refractivity contribution >= 4 is 87.2 Å². The van der Waals surface area contributed by atoms with Crippen LogP contribution in [0.15, 0.2) is 388 Å². The number of benzene rings is 16. The fourth-order valence-electron chi connectivity index (χ4n) is 15.7. The molecule has 4 aromatic heterocycles. The predicted molar refractivity (Wildman–Crippen MR) is 423 cm³/mol. The highest BCUT2D eigenvalue weighted by molar-refractivity contribution is 6.30. The van der Waals surface area contributed by atoms with Crippen LogP contribution >= 0.6 is 0 Å². The van der Waals surface area contributed by atoms with Crippen molar-refractivity contribution in [3.05, 3.63) is 388 Å². The smallest absolute Gasteiger partial charge is 0.0548 e. The zero-order valence-corrected chi connectivity index (χ0v) is 54.7. The van der Waals surface area contributed by atoms with Crippen molar-refractivity contribution in [3.63, 3.8) is 0 Å². The van der Waals surface area contributed by atoms with Crippen molar-refractivity contribution in [1.29, 1.82) is 0 Å². The third-order valence-corrected chi connectivity index (χ3v) is 20.2. The van der Waals surface area contributed by atoms with E-state index in [1.54, 1.807) is 0 Å². The second kappa shape index (κ2) is 24.4. The van der Waals surface area contributed by atoms with E-state index in [0.29, 0.717) is 0 Å². The van der Waals surface area contributed by atoms with E-state index in [2.05, 4.69) is 407 Å². The standard InChI is InChI=1S/2C48H32N2/c1-5-15-33(16-6-1)36-25-26-42-46(32-36)49(39-21-11-4-12-22-39)44-27-28-45-47(48(42)44)41-23-13-14-24-43(41)50(45)40-30-37(34-17-7-2-8-18-34)29-38(31-40)35-19-9-3-10-20-35;1-4-13-33(14-5-1)36-17-12-18-37(31-36)35-23-26-40(27-24-35)49-43-22-11-10-21-41(43)47-44(49)29-30-45-48(47)42-28-25-38(34-15-6-2-7-16-34)32-46(42)50(45)39-19-8-3-9-20-39/h2*1-32H. The van der Waals surface area contributed by atoms with Crippen LogP contribution in [-0.2, 0) is 0 Å². The van der Waals surface area contributed by atoms with Crippen molar-refractivity contribution in [2.45, 2.75) is 0 Å². The topological polar surface area (TPSA) is 19.7 Å². The Hall–Kier alpha value is -13.3. The molecule has 20 rings (SSSR count). The maximum atomic E-state index is 2.47. The van der Waals surface area contributed by atoms with Gasteiger partial charge in [-0.05, 0) is 176 Å². The second-order valence-corrected chi connectivity index (χ2v) is 25.9. The van der Waals surface area contributed by atoms with E-state index in [1.807, 2.05) is 0 Å². The molecular formula is C96H64N4. The van der Waals surface area contributed by atoms with E-state index in [-0.39, 0.29) is 0 Å². The lowest BCUT2D eigenvalue weighted by atomic mass is 9.98. The molecule has 0 N–H and O–H groups in total. The second-order valence-electron chi connectivity index (χ2n) is 25.9. The van der Waals surface area contributed by atoms with Crippen LogP contribution in [-0.4, -0.2) is 18.3 Å². The Labute approximate surface area is 579 Å². The van der Waals surface area contributed by atoms with E-state index < -0.39 is 0 Å². The quantitative estimate of drug-likeness (QED) is 0.130. The van der Waals surface area contributed by atoms with Crippen LogP contribution in [0.3, 0.4) is 0 Å². The van der Waals surface area contributed by atoms with E-state index in [1.165, 1.54) is 154 Å². The molecule has 0 amide bonds. The van der Waals surface area contributed by atoms with Crippen LogP contribution in [0.5, 0.6) is 0 Å². The molecule has 0 radical (unpaired) electrons. The van der Waals surface area contributed by atoms with Gasteiger partial charge < -0.3 is 18.3 Å². The van der Waals surface area contributed by atoms with Crippen LogP contribution in [0.4, 0.5) is 0 Å². The van der Waals surface area contributed by atoms with Crippen molar-refractivity contribution in [1.82, 2.24) is 18.3 Å². The van der Waals surface area contributed by atoms with Crippen molar-refractivity contribution in [2.24, 2.45) is 0 Å². The number of hydrogen-bond donors (Lipinski definition) is 0. The maximum absolute atomic E-state index is 2.47. The molecule has 0 spiro atoms. The molecule has 468 valence electrons. The van der Waals surface area contributed by atoms with Gasteiger partial charge in [0.15, 0.2) is 0 Å². The summed E-state index contributed by atoms with van der Waals surface area (Å²) in [5.74, 6) is 0. The molecule has 0 saturated heterocycles. The molecule has 0 aliphatic heterocycles. The van der Waals surface area contributed by atoms with Gasteiger partial charge in [-0.1, -0.05) is 279 Å². The number of nitrogens with zero attached hydrogens (tertiary/aromatic N) is 4. The van der Waals surface area contributed by atoms with E-state index in [0.717, 1.165) is 22.7 Å². The highest BCUT2D eigenvalue weighted by Gasteiger charge is 2.24. The Balaban J connectivity index is 0.000000139. The molecule has 0 atom stereocenters. The number of hydrogen-bond acceptors (Lipinski definition) is 0. The van der Waals surface area contributed by atoms with Gasteiger partial charge in [0.2, 0.25) is 0 Å². The Morgan fingerprint density at radius 1 is 0.120 bits per heavy atom. The number of para-hydroxylation sites is 4. The normalized spacial score (nSPS) is 11.6. The Morgan fingerprint density at radius 3 is 0.750 bits per heavy atom. The lowest BCUT2D eigenvalue weighted by molar-refractivity contribution is 1.17. The van der Waals surface area contributed by atoms with Crippen molar-refractivity contribution in [2.75, 3.05) is 0 Å². The summed E-state index contributed by atoms with van der Waals surface area (Å²) in [5.41, 5.74) is 28.8. The van der Waals surface area contributed by atoms with Crippen molar-refractivity contribution in [3.8, 4) is 89.5 Å². The largest absolute Gasteiger partial charge is 0.309 e.